The number of aliphatic hydroxyl groups is 1. The van der Waals surface area contributed by atoms with E-state index in [-0.39, 0.29) is 24.6 Å². The topological polar surface area (TPSA) is 111 Å². The second kappa shape index (κ2) is 10.7. The molecule has 0 aliphatic heterocycles. The zero-order valence-corrected chi connectivity index (χ0v) is 18.9. The molecule has 1 heterocycles. The fraction of sp³-hybridized carbons (Fsp3) is 0.381. The average molecular weight is 471 g/mol. The Kier molecular flexibility index (Phi) is 8.50. The molecule has 0 bridgehead atoms. The number of benzene rings is 1. The third-order valence-electron chi connectivity index (χ3n) is 3.82. The van der Waals surface area contributed by atoms with Crippen molar-refractivity contribution in [2.45, 2.75) is 44.9 Å². The van der Waals surface area contributed by atoms with Gasteiger partial charge < -0.3 is 24.3 Å². The first-order valence-electron chi connectivity index (χ1n) is 9.35. The Morgan fingerprint density at radius 1 is 1.32 bits per heavy atom. The van der Waals surface area contributed by atoms with Crippen molar-refractivity contribution in [3.05, 3.63) is 53.1 Å². The van der Waals surface area contributed by atoms with Crippen molar-refractivity contribution < 1.29 is 28.6 Å². The summed E-state index contributed by atoms with van der Waals surface area (Å²) in [6, 6.07) is 3.81. The predicted octanol–water partition coefficient (Wildman–Crippen LogP) is 4.69. The van der Waals surface area contributed by atoms with Crippen LogP contribution in [0.2, 0.25) is 10.0 Å². The first kappa shape index (κ1) is 24.7. The molecule has 10 heteroatoms. The summed E-state index contributed by atoms with van der Waals surface area (Å²) in [7, 11) is 0. The summed E-state index contributed by atoms with van der Waals surface area (Å²) in [4.78, 5) is 28.5. The van der Waals surface area contributed by atoms with Crippen LogP contribution in [0.5, 0.6) is 0 Å². The lowest BCUT2D eigenvalue weighted by Gasteiger charge is -2.24. The number of alkyl carbamates (subject to hydrolysis) is 1. The summed E-state index contributed by atoms with van der Waals surface area (Å²) in [6.45, 7) is 8.52. The molecule has 2 atom stereocenters. The molecule has 1 aromatic carbocycles. The highest BCUT2D eigenvalue weighted by Crippen LogP contribution is 2.35. The molecule has 168 valence electrons. The number of nitrogens with zero attached hydrogens (tertiary/aromatic N) is 1. The van der Waals surface area contributed by atoms with Crippen molar-refractivity contribution in [3.63, 3.8) is 0 Å². The molecule has 8 nitrogen and oxygen atoms in total. The van der Waals surface area contributed by atoms with E-state index in [1.54, 1.807) is 39.0 Å². The maximum absolute atomic E-state index is 12.3. The van der Waals surface area contributed by atoms with Gasteiger partial charge >= 0.3 is 12.1 Å². The molecule has 0 unspecified atom stereocenters. The van der Waals surface area contributed by atoms with Crippen molar-refractivity contribution in [2.24, 2.45) is 0 Å². The first-order chi connectivity index (χ1) is 14.5. The molecule has 0 spiro atoms. The molecule has 0 radical (unpaired) electrons. The van der Waals surface area contributed by atoms with Gasteiger partial charge in [-0.1, -0.05) is 41.9 Å². The number of oxazole rings is 1. The van der Waals surface area contributed by atoms with Crippen molar-refractivity contribution >= 4 is 35.3 Å². The molecule has 0 aliphatic rings. The van der Waals surface area contributed by atoms with E-state index in [4.69, 9.17) is 37.1 Å². The van der Waals surface area contributed by atoms with Crippen LogP contribution in [0.25, 0.3) is 11.3 Å². The average Bonchev–Trinajstić information content (AvgIpc) is 3.13. The number of amides is 1. The standard InChI is InChI=1S/C21H24Cl2N2O6/c1-5-9-29-20(28)25-14(10-16(26)31-21(2,3)4)18(27)19-24-15(11-30-19)17-12(22)7-6-8-13(17)23/h5-8,11,14,18,27H,1,9-10H2,2-4H3,(H,25,28)/t14-,18+/m0/s1. The normalized spacial score (nSPS) is 13.2. The van der Waals surface area contributed by atoms with Crippen LogP contribution in [0.4, 0.5) is 4.79 Å². The van der Waals surface area contributed by atoms with Crippen molar-refractivity contribution in [2.75, 3.05) is 6.61 Å². The highest BCUT2D eigenvalue weighted by atomic mass is 35.5. The van der Waals surface area contributed by atoms with Crippen LogP contribution in [0.1, 0.15) is 39.2 Å². The van der Waals surface area contributed by atoms with Crippen LogP contribution in [-0.4, -0.2) is 40.4 Å². The lowest BCUT2D eigenvalue weighted by Crippen LogP contribution is -2.42. The minimum atomic E-state index is -1.49. The van der Waals surface area contributed by atoms with Gasteiger partial charge in [-0.3, -0.25) is 4.79 Å². The molecule has 0 fully saturated rings. The van der Waals surface area contributed by atoms with E-state index in [1.807, 2.05) is 0 Å². The summed E-state index contributed by atoms with van der Waals surface area (Å²) in [5.74, 6) is -0.787. The molecular weight excluding hydrogens is 447 g/mol. The van der Waals surface area contributed by atoms with E-state index in [0.717, 1.165) is 0 Å². The fourth-order valence-electron chi connectivity index (χ4n) is 2.58. The number of nitrogens with one attached hydrogen (secondary N) is 1. The van der Waals surface area contributed by atoms with E-state index >= 15 is 0 Å². The Morgan fingerprint density at radius 3 is 2.55 bits per heavy atom. The van der Waals surface area contributed by atoms with Gasteiger partial charge in [-0.15, -0.1) is 0 Å². The smallest absolute Gasteiger partial charge is 0.407 e. The number of rotatable bonds is 8. The van der Waals surface area contributed by atoms with Crippen molar-refractivity contribution in [1.82, 2.24) is 10.3 Å². The number of carbonyl (C=O) groups is 2. The number of esters is 1. The number of aliphatic hydroxyl groups excluding tert-OH is 1. The summed E-state index contributed by atoms with van der Waals surface area (Å²) >= 11 is 12.4. The maximum atomic E-state index is 12.3. The summed E-state index contributed by atoms with van der Waals surface area (Å²) in [5, 5.41) is 13.9. The van der Waals surface area contributed by atoms with Gasteiger partial charge in [0.2, 0.25) is 5.89 Å². The first-order valence-corrected chi connectivity index (χ1v) is 10.1. The SMILES string of the molecule is C=CCOC(=O)N[C@@H](CC(=O)OC(C)(C)C)[C@@H](O)c1nc(-c2c(Cl)cccc2Cl)co1. The number of carbonyl (C=O) groups excluding carboxylic acids is 2. The van der Waals surface area contributed by atoms with E-state index in [9.17, 15) is 14.7 Å². The van der Waals surface area contributed by atoms with Crippen LogP contribution in [0.3, 0.4) is 0 Å². The third kappa shape index (κ3) is 7.27. The number of hydrogen-bond acceptors (Lipinski definition) is 7. The van der Waals surface area contributed by atoms with Crippen molar-refractivity contribution in [3.8, 4) is 11.3 Å². The van der Waals surface area contributed by atoms with Gasteiger partial charge in [-0.25, -0.2) is 9.78 Å². The molecule has 2 rings (SSSR count). The van der Waals surface area contributed by atoms with Crippen molar-refractivity contribution in [1.29, 1.82) is 0 Å². The summed E-state index contributed by atoms with van der Waals surface area (Å²) in [6.07, 6.45) is -0.0439. The van der Waals surface area contributed by atoms with Gasteiger partial charge in [0.15, 0.2) is 6.10 Å². The molecule has 0 saturated carbocycles. The molecule has 1 amide bonds. The van der Waals surface area contributed by atoms with Gasteiger partial charge in [0.25, 0.3) is 0 Å². The van der Waals surface area contributed by atoms with E-state index in [0.29, 0.717) is 15.6 Å². The van der Waals surface area contributed by atoms with E-state index < -0.39 is 29.8 Å². The largest absolute Gasteiger partial charge is 0.460 e. The third-order valence-corrected chi connectivity index (χ3v) is 4.45. The molecule has 1 aromatic heterocycles. The minimum Gasteiger partial charge on any atom is -0.460 e. The monoisotopic (exact) mass is 470 g/mol. The molecule has 0 aliphatic carbocycles. The number of aromatic nitrogens is 1. The Labute approximate surface area is 190 Å². The minimum absolute atomic E-state index is 0.0464. The molecule has 0 saturated heterocycles. The highest BCUT2D eigenvalue weighted by Gasteiger charge is 2.32. The highest BCUT2D eigenvalue weighted by molar-refractivity contribution is 6.39. The predicted molar refractivity (Wildman–Crippen MR) is 116 cm³/mol. The lowest BCUT2D eigenvalue weighted by atomic mass is 10.1. The van der Waals surface area contributed by atoms with Gasteiger partial charge in [0, 0.05) is 5.56 Å². The second-order valence-corrected chi connectivity index (χ2v) is 8.36. The van der Waals surface area contributed by atoms with Gasteiger partial charge in [-0.05, 0) is 32.9 Å². The Bertz CT molecular complexity index is 918. The van der Waals surface area contributed by atoms with E-state index in [1.165, 1.54) is 12.3 Å². The van der Waals surface area contributed by atoms with Gasteiger partial charge in [0.1, 0.15) is 24.2 Å². The van der Waals surface area contributed by atoms with E-state index in [2.05, 4.69) is 16.9 Å². The van der Waals surface area contributed by atoms with Crippen LogP contribution in [-0.2, 0) is 14.3 Å². The van der Waals surface area contributed by atoms with Crippen LogP contribution >= 0.6 is 23.2 Å². The quantitative estimate of drug-likeness (QED) is 0.424. The second-order valence-electron chi connectivity index (χ2n) is 7.54. The Hall–Kier alpha value is -2.55. The number of ether oxygens (including phenoxy) is 2. The fourth-order valence-corrected chi connectivity index (χ4v) is 3.18. The summed E-state index contributed by atoms with van der Waals surface area (Å²) in [5.41, 5.74) is -0.0303. The number of hydrogen-bond donors (Lipinski definition) is 2. The van der Waals surface area contributed by atoms with Crippen LogP contribution in [0, 0.1) is 0 Å². The summed E-state index contributed by atoms with van der Waals surface area (Å²) < 4.78 is 15.5. The Balaban J connectivity index is 2.26. The van der Waals surface area contributed by atoms with Crippen LogP contribution in [0.15, 0.2) is 41.5 Å². The number of halogens is 2. The Morgan fingerprint density at radius 2 is 1.97 bits per heavy atom. The maximum Gasteiger partial charge on any atom is 0.407 e. The molecule has 2 aromatic rings. The zero-order valence-electron chi connectivity index (χ0n) is 17.4. The zero-order chi connectivity index (χ0) is 23.2. The molecular formula is C21H24Cl2N2O6. The molecule has 31 heavy (non-hydrogen) atoms. The van der Waals surface area contributed by atoms with Crippen LogP contribution < -0.4 is 5.32 Å². The lowest BCUT2D eigenvalue weighted by molar-refractivity contribution is -0.156. The van der Waals surface area contributed by atoms with Gasteiger partial charge in [-0.2, -0.15) is 0 Å². The van der Waals surface area contributed by atoms with Gasteiger partial charge in [0.05, 0.1) is 22.5 Å². The molecule has 2 N–H and O–H groups in total.